The molecule has 0 N–H and O–H groups in total. The lowest BCUT2D eigenvalue weighted by molar-refractivity contribution is -0.137. The Labute approximate surface area is 117 Å². The van der Waals surface area contributed by atoms with E-state index in [1.807, 2.05) is 0 Å². The second-order valence-electron chi connectivity index (χ2n) is 6.89. The first-order valence-corrected chi connectivity index (χ1v) is 13.7. The van der Waals surface area contributed by atoms with E-state index in [0.717, 1.165) is 5.20 Å². The third-order valence-electron chi connectivity index (χ3n) is 3.04. The molecule has 0 aliphatic heterocycles. The standard InChI is InChI=1S/C14H24O3Si2/c1-8-17-11(15)9-10-12(16)14(19(5,6)7)13(10)18(2,3)4/h9H,8H2,1-7H3/b10-9+. The number of carbonyl (C=O) groups excluding carboxylic acids is 2. The molecule has 1 aliphatic rings. The third-order valence-corrected chi connectivity index (χ3v) is 7.29. The molecule has 3 nitrogen and oxygen atoms in total. The minimum atomic E-state index is -1.65. The molecule has 0 aromatic rings. The van der Waals surface area contributed by atoms with Crippen molar-refractivity contribution < 1.29 is 14.3 Å². The van der Waals surface area contributed by atoms with E-state index in [1.54, 1.807) is 6.92 Å². The minimum absolute atomic E-state index is 0.0737. The van der Waals surface area contributed by atoms with E-state index in [4.69, 9.17) is 4.74 Å². The number of carbonyl (C=O) groups is 2. The Balaban J connectivity index is 3.29. The maximum Gasteiger partial charge on any atom is 0.331 e. The molecule has 0 heterocycles. The predicted octanol–water partition coefficient (Wildman–Crippen LogP) is 3.11. The van der Waals surface area contributed by atoms with Gasteiger partial charge in [0.25, 0.3) is 0 Å². The summed E-state index contributed by atoms with van der Waals surface area (Å²) in [6.45, 7) is 15.3. The van der Waals surface area contributed by atoms with E-state index in [2.05, 4.69) is 39.3 Å². The van der Waals surface area contributed by atoms with Crippen LogP contribution in [0.4, 0.5) is 0 Å². The van der Waals surface area contributed by atoms with E-state index in [9.17, 15) is 9.59 Å². The van der Waals surface area contributed by atoms with Gasteiger partial charge in [0.05, 0.1) is 22.8 Å². The predicted molar refractivity (Wildman–Crippen MR) is 83.4 cm³/mol. The summed E-state index contributed by atoms with van der Waals surface area (Å²) in [5, 5.41) is 2.21. The second kappa shape index (κ2) is 5.21. The van der Waals surface area contributed by atoms with Crippen molar-refractivity contribution in [2.24, 2.45) is 0 Å². The Bertz CT molecular complexity index is 474. The van der Waals surface area contributed by atoms with E-state index < -0.39 is 22.1 Å². The first-order chi connectivity index (χ1) is 8.50. The highest BCUT2D eigenvalue weighted by molar-refractivity contribution is 6.96. The molecule has 5 heteroatoms. The number of hydrogen-bond donors (Lipinski definition) is 0. The van der Waals surface area contributed by atoms with Gasteiger partial charge in [-0.1, -0.05) is 39.3 Å². The summed E-state index contributed by atoms with van der Waals surface area (Å²) in [5.74, 6) is -0.333. The largest absolute Gasteiger partial charge is 0.463 e. The summed E-state index contributed by atoms with van der Waals surface area (Å²) < 4.78 is 4.92. The highest BCUT2D eigenvalue weighted by atomic mass is 28.3. The van der Waals surface area contributed by atoms with E-state index in [1.165, 1.54) is 11.3 Å². The molecular weight excluding hydrogens is 272 g/mol. The average Bonchev–Trinajstić information content (AvgIpc) is 2.18. The smallest absolute Gasteiger partial charge is 0.331 e. The molecule has 1 rings (SSSR count). The SMILES string of the molecule is CCOC(=O)/C=C1\C(=O)C([Si](C)(C)C)=C1[Si](C)(C)C. The van der Waals surface area contributed by atoms with Crippen LogP contribution in [0.3, 0.4) is 0 Å². The van der Waals surface area contributed by atoms with Crippen molar-refractivity contribution in [3.05, 3.63) is 22.0 Å². The Morgan fingerprint density at radius 1 is 1.05 bits per heavy atom. The average molecular weight is 297 g/mol. The zero-order valence-electron chi connectivity index (χ0n) is 13.0. The van der Waals surface area contributed by atoms with E-state index in [-0.39, 0.29) is 5.78 Å². The number of ether oxygens (including phenoxy) is 1. The molecule has 0 bridgehead atoms. The second-order valence-corrected chi connectivity index (χ2v) is 16.9. The zero-order chi connectivity index (χ0) is 15.0. The van der Waals surface area contributed by atoms with Gasteiger partial charge in [-0.05, 0) is 17.3 Å². The molecule has 0 aromatic heterocycles. The third kappa shape index (κ3) is 3.33. The molecule has 0 saturated carbocycles. The number of rotatable bonds is 4. The number of ketones is 1. The molecule has 0 saturated heterocycles. The van der Waals surface area contributed by atoms with Crippen LogP contribution in [-0.2, 0) is 14.3 Å². The Kier molecular flexibility index (Phi) is 4.41. The first-order valence-electron chi connectivity index (χ1n) is 6.69. The van der Waals surface area contributed by atoms with Gasteiger partial charge in [0.1, 0.15) is 0 Å². The number of esters is 1. The van der Waals surface area contributed by atoms with Crippen LogP contribution in [0, 0.1) is 0 Å². The highest BCUT2D eigenvalue weighted by Gasteiger charge is 2.45. The lowest BCUT2D eigenvalue weighted by Gasteiger charge is -2.39. The lowest BCUT2D eigenvalue weighted by Crippen LogP contribution is -2.46. The van der Waals surface area contributed by atoms with Crippen molar-refractivity contribution in [2.45, 2.75) is 46.2 Å². The van der Waals surface area contributed by atoms with Crippen molar-refractivity contribution in [3.8, 4) is 0 Å². The lowest BCUT2D eigenvalue weighted by atomic mass is 9.99. The fraction of sp³-hybridized carbons (Fsp3) is 0.571. The van der Waals surface area contributed by atoms with Gasteiger partial charge in [0, 0.05) is 11.6 Å². The van der Waals surface area contributed by atoms with Crippen molar-refractivity contribution in [3.63, 3.8) is 0 Å². The summed E-state index contributed by atoms with van der Waals surface area (Å²) >= 11 is 0. The topological polar surface area (TPSA) is 43.4 Å². The minimum Gasteiger partial charge on any atom is -0.463 e. The first kappa shape index (κ1) is 16.1. The van der Waals surface area contributed by atoms with E-state index >= 15 is 0 Å². The fourth-order valence-corrected chi connectivity index (χ4v) is 8.18. The summed E-state index contributed by atoms with van der Waals surface area (Å²) in [5.41, 5.74) is 0.607. The number of allylic oxidation sites excluding steroid dienone is 3. The summed E-state index contributed by atoms with van der Waals surface area (Å²) in [6.07, 6.45) is 1.39. The van der Waals surface area contributed by atoms with Gasteiger partial charge in [0.2, 0.25) is 0 Å². The van der Waals surface area contributed by atoms with Crippen LogP contribution in [0.2, 0.25) is 39.3 Å². The highest BCUT2D eigenvalue weighted by Crippen LogP contribution is 2.41. The summed E-state index contributed by atoms with van der Waals surface area (Å²) in [6, 6.07) is 0. The Morgan fingerprint density at radius 3 is 1.89 bits per heavy atom. The zero-order valence-corrected chi connectivity index (χ0v) is 15.0. The molecule has 0 radical (unpaired) electrons. The molecule has 106 valence electrons. The monoisotopic (exact) mass is 296 g/mol. The van der Waals surface area contributed by atoms with Crippen molar-refractivity contribution >= 4 is 27.9 Å². The fourth-order valence-electron chi connectivity index (χ4n) is 2.37. The maximum absolute atomic E-state index is 12.3. The van der Waals surface area contributed by atoms with Gasteiger partial charge in [-0.15, -0.1) is 0 Å². The quantitative estimate of drug-likeness (QED) is 0.455. The van der Waals surface area contributed by atoms with Crippen LogP contribution in [0.5, 0.6) is 0 Å². The van der Waals surface area contributed by atoms with Gasteiger partial charge in [0.15, 0.2) is 5.78 Å². The summed E-state index contributed by atoms with van der Waals surface area (Å²) in [7, 11) is -3.27. The van der Waals surface area contributed by atoms with Crippen molar-refractivity contribution in [1.29, 1.82) is 0 Å². The molecule has 0 amide bonds. The van der Waals surface area contributed by atoms with Crippen molar-refractivity contribution in [1.82, 2.24) is 0 Å². The maximum atomic E-state index is 12.3. The molecule has 1 aliphatic carbocycles. The molecule has 0 aromatic carbocycles. The molecule has 19 heavy (non-hydrogen) atoms. The Hall–Kier alpha value is -0.946. The van der Waals surface area contributed by atoms with Crippen LogP contribution in [0.25, 0.3) is 0 Å². The van der Waals surface area contributed by atoms with Gasteiger partial charge < -0.3 is 4.74 Å². The number of hydrogen-bond acceptors (Lipinski definition) is 3. The molecular formula is C14H24O3Si2. The Morgan fingerprint density at radius 2 is 1.53 bits per heavy atom. The van der Waals surface area contributed by atoms with Crippen LogP contribution >= 0.6 is 0 Å². The van der Waals surface area contributed by atoms with E-state index in [0.29, 0.717) is 12.2 Å². The molecule has 0 atom stereocenters. The van der Waals surface area contributed by atoms with Crippen LogP contribution in [0.15, 0.2) is 22.0 Å². The normalized spacial score (nSPS) is 18.7. The molecule has 0 spiro atoms. The van der Waals surface area contributed by atoms with Gasteiger partial charge in [-0.3, -0.25) is 4.79 Å². The van der Waals surface area contributed by atoms with Gasteiger partial charge in [-0.2, -0.15) is 0 Å². The summed E-state index contributed by atoms with van der Waals surface area (Å²) in [4.78, 5) is 23.9. The molecule has 0 unspecified atom stereocenters. The van der Waals surface area contributed by atoms with Gasteiger partial charge in [-0.25, -0.2) is 4.79 Å². The van der Waals surface area contributed by atoms with Crippen LogP contribution < -0.4 is 0 Å². The molecule has 0 fully saturated rings. The van der Waals surface area contributed by atoms with Gasteiger partial charge >= 0.3 is 5.97 Å². The number of Topliss-reactive ketones (excluding diaryl/α,β-unsaturated/α-hetero) is 1. The van der Waals surface area contributed by atoms with Crippen LogP contribution in [-0.4, -0.2) is 34.5 Å². The van der Waals surface area contributed by atoms with Crippen LogP contribution in [0.1, 0.15) is 6.92 Å². The van der Waals surface area contributed by atoms with Crippen molar-refractivity contribution in [2.75, 3.05) is 6.61 Å².